The van der Waals surface area contributed by atoms with Gasteiger partial charge in [-0.3, -0.25) is 19.9 Å². The Bertz CT molecular complexity index is 1460. The highest BCUT2D eigenvalue weighted by Gasteiger charge is 2.12. The summed E-state index contributed by atoms with van der Waals surface area (Å²) in [7, 11) is 0. The van der Waals surface area contributed by atoms with Crippen molar-refractivity contribution in [2.24, 2.45) is 0 Å². The van der Waals surface area contributed by atoms with Crippen LogP contribution in [0.3, 0.4) is 0 Å². The van der Waals surface area contributed by atoms with Crippen molar-refractivity contribution in [3.05, 3.63) is 105 Å². The Kier molecular flexibility index (Phi) is 5.27. The van der Waals surface area contributed by atoms with Crippen LogP contribution < -0.4 is 10.9 Å². The summed E-state index contributed by atoms with van der Waals surface area (Å²) in [6.07, 6.45) is 2.13. The topological polar surface area (TPSA) is 101 Å². The molecular formula is C24H17N5O2S. The lowest BCUT2D eigenvalue weighted by Gasteiger charge is -2.06. The second kappa shape index (κ2) is 8.52. The summed E-state index contributed by atoms with van der Waals surface area (Å²) < 4.78 is 0. The zero-order chi connectivity index (χ0) is 21.9. The molecule has 0 bridgehead atoms. The highest BCUT2D eigenvalue weighted by Crippen LogP contribution is 2.25. The Labute approximate surface area is 186 Å². The first-order valence-electron chi connectivity index (χ1n) is 9.91. The van der Waals surface area contributed by atoms with Crippen molar-refractivity contribution in [1.29, 1.82) is 0 Å². The maximum absolute atomic E-state index is 12.6. The molecule has 0 saturated heterocycles. The summed E-state index contributed by atoms with van der Waals surface area (Å²) in [5, 5.41) is 12.5. The smallest absolute Gasteiger partial charge is 0.273 e. The van der Waals surface area contributed by atoms with Gasteiger partial charge in [-0.25, -0.2) is 10.1 Å². The summed E-state index contributed by atoms with van der Waals surface area (Å²) >= 11 is 1.39. The number of H-pyrrole nitrogens is 1. The second-order valence-corrected chi connectivity index (χ2v) is 7.99. The van der Waals surface area contributed by atoms with Crippen LogP contribution >= 0.6 is 11.3 Å². The predicted octanol–water partition coefficient (Wildman–Crippen LogP) is 4.28. The van der Waals surface area contributed by atoms with Gasteiger partial charge in [0.05, 0.1) is 22.3 Å². The van der Waals surface area contributed by atoms with E-state index in [1.165, 1.54) is 11.3 Å². The van der Waals surface area contributed by atoms with E-state index in [1.54, 1.807) is 30.5 Å². The third-order valence-corrected chi connectivity index (χ3v) is 5.76. The number of nitrogens with one attached hydrogen (secondary N) is 2. The highest BCUT2D eigenvalue weighted by atomic mass is 32.1. The van der Waals surface area contributed by atoms with Crippen molar-refractivity contribution in [1.82, 2.24) is 20.2 Å². The molecule has 5 rings (SSSR count). The van der Waals surface area contributed by atoms with Crippen LogP contribution in [0.4, 0.5) is 5.13 Å². The first kappa shape index (κ1) is 19.8. The number of aromatic amines is 1. The normalized spacial score (nSPS) is 10.9. The lowest BCUT2D eigenvalue weighted by atomic mass is 10.1. The monoisotopic (exact) mass is 439 g/mol. The van der Waals surface area contributed by atoms with Crippen LogP contribution in [0.5, 0.6) is 0 Å². The molecule has 0 atom stereocenters. The molecule has 156 valence electrons. The molecule has 3 aromatic heterocycles. The van der Waals surface area contributed by atoms with Crippen molar-refractivity contribution in [2.75, 3.05) is 5.32 Å². The molecule has 0 unspecified atom stereocenters. The lowest BCUT2D eigenvalue weighted by molar-refractivity contribution is 0.102. The average molecular weight is 440 g/mol. The van der Waals surface area contributed by atoms with Gasteiger partial charge in [0.2, 0.25) is 0 Å². The lowest BCUT2D eigenvalue weighted by Crippen LogP contribution is -2.13. The number of hydrogen-bond acceptors (Lipinski definition) is 6. The van der Waals surface area contributed by atoms with E-state index < -0.39 is 0 Å². The van der Waals surface area contributed by atoms with Crippen LogP contribution in [0, 0.1) is 0 Å². The number of fused-ring (bicyclic) bond motifs is 1. The Morgan fingerprint density at radius 2 is 1.81 bits per heavy atom. The first-order chi connectivity index (χ1) is 15.7. The molecule has 8 heteroatoms. The van der Waals surface area contributed by atoms with E-state index in [1.807, 2.05) is 47.8 Å². The highest BCUT2D eigenvalue weighted by molar-refractivity contribution is 7.14. The average Bonchev–Trinajstić information content (AvgIpc) is 3.30. The molecule has 0 aliphatic rings. The fourth-order valence-electron chi connectivity index (χ4n) is 3.38. The van der Waals surface area contributed by atoms with Crippen molar-refractivity contribution >= 4 is 33.3 Å². The molecule has 2 N–H and O–H groups in total. The van der Waals surface area contributed by atoms with Gasteiger partial charge in [0.15, 0.2) is 5.13 Å². The third-order valence-electron chi connectivity index (χ3n) is 5.00. The molecule has 0 fully saturated rings. The SMILES string of the molecule is O=C(Nc1nc(-c2ccccc2)cs1)c1ccc(Cc2n[nH]c(=O)c3cccnc23)cc1. The zero-order valence-electron chi connectivity index (χ0n) is 16.8. The number of benzene rings is 2. The molecule has 32 heavy (non-hydrogen) atoms. The largest absolute Gasteiger partial charge is 0.298 e. The second-order valence-electron chi connectivity index (χ2n) is 7.13. The van der Waals surface area contributed by atoms with Gasteiger partial charge in [0.25, 0.3) is 11.5 Å². The Hall–Kier alpha value is -4.17. The van der Waals surface area contributed by atoms with Gasteiger partial charge < -0.3 is 0 Å². The summed E-state index contributed by atoms with van der Waals surface area (Å²) in [5.41, 5.74) is 4.31. The molecule has 1 amide bonds. The number of pyridine rings is 1. The maximum Gasteiger partial charge on any atom is 0.273 e. The summed E-state index contributed by atoms with van der Waals surface area (Å²) in [5.74, 6) is -0.222. The van der Waals surface area contributed by atoms with Crippen molar-refractivity contribution in [3.8, 4) is 11.3 Å². The summed E-state index contributed by atoms with van der Waals surface area (Å²) in [6.45, 7) is 0. The molecule has 0 aliphatic carbocycles. The van der Waals surface area contributed by atoms with E-state index in [0.717, 1.165) is 16.8 Å². The van der Waals surface area contributed by atoms with Gasteiger partial charge in [-0.15, -0.1) is 11.3 Å². The number of nitrogens with zero attached hydrogens (tertiary/aromatic N) is 3. The number of rotatable bonds is 5. The Morgan fingerprint density at radius 1 is 1.00 bits per heavy atom. The quantitative estimate of drug-likeness (QED) is 0.426. The van der Waals surface area contributed by atoms with Gasteiger partial charge in [-0.05, 0) is 29.8 Å². The van der Waals surface area contributed by atoms with E-state index in [9.17, 15) is 9.59 Å². The van der Waals surface area contributed by atoms with Gasteiger partial charge in [-0.1, -0.05) is 42.5 Å². The molecule has 7 nitrogen and oxygen atoms in total. The van der Waals surface area contributed by atoms with E-state index in [-0.39, 0.29) is 11.5 Å². The van der Waals surface area contributed by atoms with E-state index in [4.69, 9.17) is 0 Å². The van der Waals surface area contributed by atoms with E-state index in [2.05, 4.69) is 25.5 Å². The minimum Gasteiger partial charge on any atom is -0.298 e. The molecule has 0 spiro atoms. The molecular weight excluding hydrogens is 422 g/mol. The fraction of sp³-hybridized carbons (Fsp3) is 0.0417. The molecule has 0 radical (unpaired) electrons. The number of carbonyl (C=O) groups excluding carboxylic acids is 1. The Morgan fingerprint density at radius 3 is 2.62 bits per heavy atom. The number of thiazole rings is 1. The standard InChI is InChI=1S/C24H17N5O2S/c30-22(27-24-26-20(14-32-24)16-5-2-1-3-6-16)17-10-8-15(9-11-17)13-19-21-18(7-4-12-25-21)23(31)29-28-19/h1-12,14H,13H2,(H,29,31)(H,26,27,30). The molecule has 0 saturated carbocycles. The van der Waals surface area contributed by atoms with Crippen molar-refractivity contribution < 1.29 is 4.79 Å². The molecule has 0 aliphatic heterocycles. The zero-order valence-corrected chi connectivity index (χ0v) is 17.6. The minimum atomic E-state index is -0.263. The number of anilines is 1. The number of hydrogen-bond donors (Lipinski definition) is 2. The van der Waals surface area contributed by atoms with Gasteiger partial charge in [0.1, 0.15) is 0 Å². The number of aromatic nitrogens is 4. The predicted molar refractivity (Wildman–Crippen MR) is 125 cm³/mol. The maximum atomic E-state index is 12.6. The van der Waals surface area contributed by atoms with Crippen LogP contribution in [0.15, 0.2) is 83.1 Å². The van der Waals surface area contributed by atoms with Crippen LogP contribution in [0.1, 0.15) is 21.6 Å². The summed E-state index contributed by atoms with van der Waals surface area (Å²) in [6, 6.07) is 20.5. The number of carbonyl (C=O) groups is 1. The Balaban J connectivity index is 1.30. The van der Waals surface area contributed by atoms with Crippen molar-refractivity contribution in [3.63, 3.8) is 0 Å². The van der Waals surface area contributed by atoms with Crippen LogP contribution in [0.2, 0.25) is 0 Å². The minimum absolute atomic E-state index is 0.222. The van der Waals surface area contributed by atoms with Gasteiger partial charge in [-0.2, -0.15) is 5.10 Å². The first-order valence-corrected chi connectivity index (χ1v) is 10.8. The number of amides is 1. The molecule has 5 aromatic rings. The molecule has 2 aromatic carbocycles. The van der Waals surface area contributed by atoms with Gasteiger partial charge >= 0.3 is 0 Å². The molecule has 3 heterocycles. The third kappa shape index (κ3) is 4.03. The van der Waals surface area contributed by atoms with E-state index in [0.29, 0.717) is 33.7 Å². The van der Waals surface area contributed by atoms with Gasteiger partial charge in [0, 0.05) is 29.1 Å². The van der Waals surface area contributed by atoms with Crippen LogP contribution in [-0.4, -0.2) is 26.1 Å². The van der Waals surface area contributed by atoms with E-state index >= 15 is 0 Å². The van der Waals surface area contributed by atoms with Crippen LogP contribution in [0.25, 0.3) is 22.2 Å². The fourth-order valence-corrected chi connectivity index (χ4v) is 4.10. The summed E-state index contributed by atoms with van der Waals surface area (Å²) in [4.78, 5) is 33.4. The van der Waals surface area contributed by atoms with Crippen LogP contribution in [-0.2, 0) is 6.42 Å². The van der Waals surface area contributed by atoms with Crippen molar-refractivity contribution in [2.45, 2.75) is 6.42 Å².